The molecule has 4 rings (SSSR count). The lowest BCUT2D eigenvalue weighted by atomic mass is 9.69. The van der Waals surface area contributed by atoms with Crippen molar-refractivity contribution in [1.29, 1.82) is 0 Å². The minimum Gasteiger partial charge on any atom is -0.415 e. The first-order chi connectivity index (χ1) is 15.7. The second-order valence-electron chi connectivity index (χ2n) is 9.36. The molecule has 0 bridgehead atoms. The van der Waals surface area contributed by atoms with Gasteiger partial charge in [0.1, 0.15) is 11.1 Å². The highest BCUT2D eigenvalue weighted by atomic mass is 19.3. The van der Waals surface area contributed by atoms with E-state index in [1.807, 2.05) is 24.3 Å². The van der Waals surface area contributed by atoms with Crippen molar-refractivity contribution in [3.8, 4) is 5.88 Å². The molecule has 1 N–H and O–H groups in total. The number of hydrogen-bond acceptors (Lipinski definition) is 4. The third kappa shape index (κ3) is 4.84. The van der Waals surface area contributed by atoms with E-state index >= 15 is 0 Å². The Morgan fingerprint density at radius 1 is 1.18 bits per heavy atom. The molecule has 1 aromatic heterocycles. The zero-order chi connectivity index (χ0) is 23.8. The van der Waals surface area contributed by atoms with Crippen LogP contribution >= 0.6 is 0 Å². The number of amides is 2. The van der Waals surface area contributed by atoms with Gasteiger partial charge in [0.2, 0.25) is 17.7 Å². The zero-order valence-electron chi connectivity index (χ0n) is 19.1. The van der Waals surface area contributed by atoms with Crippen molar-refractivity contribution in [2.75, 3.05) is 18.4 Å². The Bertz CT molecular complexity index is 1050. The van der Waals surface area contributed by atoms with Crippen LogP contribution in [0, 0.1) is 12.8 Å². The fraction of sp³-hybridized carbons (Fsp3) is 0.480. The van der Waals surface area contributed by atoms with Gasteiger partial charge in [-0.3, -0.25) is 9.59 Å². The summed E-state index contributed by atoms with van der Waals surface area (Å²) >= 11 is 0. The van der Waals surface area contributed by atoms with E-state index in [-0.39, 0.29) is 42.4 Å². The van der Waals surface area contributed by atoms with E-state index in [0.717, 1.165) is 24.0 Å². The molecule has 2 heterocycles. The third-order valence-electron chi connectivity index (χ3n) is 6.42. The van der Waals surface area contributed by atoms with Crippen LogP contribution < -0.4 is 10.1 Å². The zero-order valence-corrected chi connectivity index (χ0v) is 19.1. The number of carbonyl (C=O) groups excluding carboxylic acids is 2. The summed E-state index contributed by atoms with van der Waals surface area (Å²) < 4.78 is 30.4. The Kier molecular flexibility index (Phi) is 6.36. The van der Waals surface area contributed by atoms with Gasteiger partial charge in [-0.05, 0) is 54.9 Å². The number of pyridine rings is 1. The smallest absolute Gasteiger partial charge is 0.388 e. The number of hydrogen-bond donors (Lipinski definition) is 1. The minimum absolute atomic E-state index is 0.0571. The van der Waals surface area contributed by atoms with Crippen LogP contribution in [0.25, 0.3) is 0 Å². The molecular formula is C25H29F2N3O3. The van der Waals surface area contributed by atoms with E-state index in [4.69, 9.17) is 0 Å². The average molecular weight is 458 g/mol. The molecule has 2 fully saturated rings. The summed E-state index contributed by atoms with van der Waals surface area (Å²) in [5.74, 6) is -0.0121. The number of ether oxygens (including phenoxy) is 1. The number of halogens is 2. The van der Waals surface area contributed by atoms with Crippen molar-refractivity contribution in [2.45, 2.75) is 58.0 Å². The Hall–Kier alpha value is -3.03. The number of aryl methyl sites for hydroxylation is 1. The Balaban J connectivity index is 1.65. The van der Waals surface area contributed by atoms with Gasteiger partial charge in [0.15, 0.2) is 0 Å². The maximum atomic E-state index is 13.7. The lowest BCUT2D eigenvalue weighted by Gasteiger charge is -2.50. The SMILES string of the molecule is Cc1ccc(NC(=O)C2(c3ccccc3C(C)C)CN(C(=O)CC3CC3)C2)c(OC(F)F)n1. The lowest BCUT2D eigenvalue weighted by Crippen LogP contribution is -2.66. The summed E-state index contributed by atoms with van der Waals surface area (Å²) in [7, 11) is 0. The maximum Gasteiger partial charge on any atom is 0.388 e. The van der Waals surface area contributed by atoms with Gasteiger partial charge in [-0.15, -0.1) is 0 Å². The van der Waals surface area contributed by atoms with Crippen molar-refractivity contribution in [3.63, 3.8) is 0 Å². The number of rotatable bonds is 8. The summed E-state index contributed by atoms with van der Waals surface area (Å²) in [4.78, 5) is 32.1. The van der Waals surface area contributed by atoms with E-state index in [0.29, 0.717) is 18.0 Å². The largest absolute Gasteiger partial charge is 0.415 e. The van der Waals surface area contributed by atoms with Crippen LogP contribution in [0.4, 0.5) is 14.5 Å². The molecule has 0 atom stereocenters. The van der Waals surface area contributed by atoms with Crippen LogP contribution in [0.1, 0.15) is 55.8 Å². The molecule has 176 valence electrons. The van der Waals surface area contributed by atoms with Crippen molar-refractivity contribution in [2.24, 2.45) is 5.92 Å². The lowest BCUT2D eigenvalue weighted by molar-refractivity contribution is -0.144. The number of carbonyl (C=O) groups is 2. The van der Waals surface area contributed by atoms with Crippen molar-refractivity contribution in [3.05, 3.63) is 53.2 Å². The van der Waals surface area contributed by atoms with Gasteiger partial charge < -0.3 is 15.0 Å². The number of likely N-dealkylation sites (tertiary alicyclic amines) is 1. The minimum atomic E-state index is -3.06. The van der Waals surface area contributed by atoms with Crippen LogP contribution in [-0.4, -0.2) is 41.4 Å². The Labute approximate surface area is 192 Å². The van der Waals surface area contributed by atoms with Gasteiger partial charge in [0, 0.05) is 25.2 Å². The van der Waals surface area contributed by atoms with Gasteiger partial charge in [0.05, 0.1) is 0 Å². The molecule has 0 unspecified atom stereocenters. The second-order valence-corrected chi connectivity index (χ2v) is 9.36. The molecule has 6 nitrogen and oxygen atoms in total. The first kappa shape index (κ1) is 23.1. The standard InChI is InChI=1S/C25H29F2N3O3/c1-15(2)18-6-4-5-7-19(18)25(13-30(14-25)21(31)12-17-9-10-17)23(32)29-20-11-8-16(3)28-22(20)33-24(26)27/h4-8,11,15,17,24H,9-10,12-14H2,1-3H3,(H,29,32). The monoisotopic (exact) mass is 457 g/mol. The molecule has 0 spiro atoms. The molecule has 1 aromatic carbocycles. The van der Waals surface area contributed by atoms with Crippen LogP contribution in [0.3, 0.4) is 0 Å². The van der Waals surface area contributed by atoms with E-state index in [1.54, 1.807) is 17.9 Å². The molecule has 1 saturated heterocycles. The van der Waals surface area contributed by atoms with Crippen molar-refractivity contribution in [1.82, 2.24) is 9.88 Å². The maximum absolute atomic E-state index is 13.7. The number of anilines is 1. The Morgan fingerprint density at radius 3 is 2.52 bits per heavy atom. The van der Waals surface area contributed by atoms with Crippen molar-refractivity contribution >= 4 is 17.5 Å². The molecule has 33 heavy (non-hydrogen) atoms. The summed E-state index contributed by atoms with van der Waals surface area (Å²) in [5.41, 5.74) is 1.46. The van der Waals surface area contributed by atoms with Crippen molar-refractivity contribution < 1.29 is 23.1 Å². The first-order valence-corrected chi connectivity index (χ1v) is 11.3. The Morgan fingerprint density at radius 2 is 1.88 bits per heavy atom. The fourth-order valence-electron chi connectivity index (χ4n) is 4.40. The summed E-state index contributed by atoms with van der Waals surface area (Å²) in [5, 5.41) is 2.77. The highest BCUT2D eigenvalue weighted by molar-refractivity contribution is 6.02. The number of nitrogens with zero attached hydrogens (tertiary/aromatic N) is 2. The summed E-state index contributed by atoms with van der Waals surface area (Å²) in [6, 6.07) is 10.8. The van der Waals surface area contributed by atoms with E-state index in [2.05, 4.69) is 28.9 Å². The molecule has 1 aliphatic carbocycles. The van der Waals surface area contributed by atoms with Gasteiger partial charge in [-0.25, -0.2) is 4.98 Å². The van der Waals surface area contributed by atoms with Crippen LogP contribution in [0.15, 0.2) is 36.4 Å². The second kappa shape index (κ2) is 9.08. The number of benzene rings is 1. The topological polar surface area (TPSA) is 71.5 Å². The molecule has 0 radical (unpaired) electrons. The quantitative estimate of drug-likeness (QED) is 0.627. The van der Waals surface area contributed by atoms with Crippen LogP contribution in [0.5, 0.6) is 5.88 Å². The number of aromatic nitrogens is 1. The van der Waals surface area contributed by atoms with Crippen LogP contribution in [0.2, 0.25) is 0 Å². The molecular weight excluding hydrogens is 428 g/mol. The summed E-state index contributed by atoms with van der Waals surface area (Å²) in [6.07, 6.45) is 2.67. The van der Waals surface area contributed by atoms with E-state index < -0.39 is 12.0 Å². The molecule has 1 saturated carbocycles. The third-order valence-corrected chi connectivity index (χ3v) is 6.42. The predicted molar refractivity (Wildman–Crippen MR) is 120 cm³/mol. The molecule has 1 aliphatic heterocycles. The molecule has 2 aromatic rings. The molecule has 2 aliphatic rings. The van der Waals surface area contributed by atoms with Gasteiger partial charge >= 0.3 is 6.61 Å². The highest BCUT2D eigenvalue weighted by Crippen LogP contribution is 2.42. The van der Waals surface area contributed by atoms with Gasteiger partial charge in [-0.2, -0.15) is 8.78 Å². The highest BCUT2D eigenvalue weighted by Gasteiger charge is 2.53. The predicted octanol–water partition coefficient (Wildman–Crippen LogP) is 4.63. The summed E-state index contributed by atoms with van der Waals surface area (Å²) in [6.45, 7) is 3.19. The first-order valence-electron chi connectivity index (χ1n) is 11.3. The normalized spacial score (nSPS) is 17.1. The average Bonchev–Trinajstić information content (AvgIpc) is 3.53. The molecule has 2 amide bonds. The molecule has 8 heteroatoms. The van der Waals surface area contributed by atoms with E-state index in [9.17, 15) is 18.4 Å². The van der Waals surface area contributed by atoms with Crippen LogP contribution in [-0.2, 0) is 15.0 Å². The van der Waals surface area contributed by atoms with E-state index in [1.165, 1.54) is 6.07 Å². The van der Waals surface area contributed by atoms with Gasteiger partial charge in [0.25, 0.3) is 0 Å². The fourth-order valence-corrected chi connectivity index (χ4v) is 4.40. The van der Waals surface area contributed by atoms with Gasteiger partial charge in [-0.1, -0.05) is 38.1 Å². The number of nitrogens with one attached hydrogen (secondary N) is 1. The number of alkyl halides is 2.